The molecule has 0 spiro atoms. The van der Waals surface area contributed by atoms with E-state index in [2.05, 4.69) is 66.1 Å². The number of para-hydroxylation sites is 2. The molecule has 2 aromatic heterocycles. The van der Waals surface area contributed by atoms with Crippen molar-refractivity contribution in [3.8, 4) is 0 Å². The molecule has 1 saturated heterocycles. The molecule has 160 valence electrons. The van der Waals surface area contributed by atoms with Crippen LogP contribution >= 0.6 is 0 Å². The Morgan fingerprint density at radius 3 is 2.45 bits per heavy atom. The van der Waals surface area contributed by atoms with Gasteiger partial charge in [-0.1, -0.05) is 42.5 Å². The molecule has 1 aliphatic heterocycles. The maximum absolute atomic E-state index is 4.80. The van der Waals surface area contributed by atoms with Crippen LogP contribution in [0.4, 0.5) is 5.82 Å². The molecule has 7 nitrogen and oxygen atoms in total. The van der Waals surface area contributed by atoms with Crippen molar-refractivity contribution in [1.82, 2.24) is 29.4 Å². The minimum atomic E-state index is 0.797. The Hall–Kier alpha value is -3.03. The van der Waals surface area contributed by atoms with Crippen molar-refractivity contribution in [2.24, 2.45) is 0 Å². The summed E-state index contributed by atoms with van der Waals surface area (Å²) in [5.41, 5.74) is 4.19. The third-order valence-electron chi connectivity index (χ3n) is 6.05. The lowest BCUT2D eigenvalue weighted by Gasteiger charge is -2.34. The Morgan fingerprint density at radius 2 is 1.61 bits per heavy atom. The highest BCUT2D eigenvalue weighted by Crippen LogP contribution is 2.21. The zero-order valence-corrected chi connectivity index (χ0v) is 18.0. The van der Waals surface area contributed by atoms with Gasteiger partial charge in [0.1, 0.15) is 5.82 Å². The minimum Gasteiger partial charge on any atom is -0.367 e. The van der Waals surface area contributed by atoms with Crippen molar-refractivity contribution >= 4 is 22.5 Å². The molecule has 2 aromatic carbocycles. The summed E-state index contributed by atoms with van der Waals surface area (Å²) in [5, 5.41) is 12.1. The molecule has 0 amide bonds. The van der Waals surface area contributed by atoms with Crippen LogP contribution in [-0.4, -0.2) is 68.7 Å². The van der Waals surface area contributed by atoms with Gasteiger partial charge < -0.3 is 10.2 Å². The van der Waals surface area contributed by atoms with Gasteiger partial charge in [-0.05, 0) is 37.6 Å². The van der Waals surface area contributed by atoms with Crippen LogP contribution in [0.3, 0.4) is 0 Å². The number of fused-ring (bicyclic) bond motifs is 3. The van der Waals surface area contributed by atoms with Crippen LogP contribution in [0.15, 0.2) is 54.6 Å². The van der Waals surface area contributed by atoms with Crippen molar-refractivity contribution < 1.29 is 0 Å². The van der Waals surface area contributed by atoms with Gasteiger partial charge in [0.05, 0.1) is 11.0 Å². The van der Waals surface area contributed by atoms with E-state index in [1.807, 2.05) is 25.1 Å². The van der Waals surface area contributed by atoms with Crippen LogP contribution in [0.25, 0.3) is 16.7 Å². The standard InChI is InChI=1S/C24H29N7/c1-19-27-28-24-23(26-21-10-5-6-11-22(21)31(19)24)25-12-7-13-29-14-16-30(17-15-29)18-20-8-3-2-4-9-20/h2-6,8-11H,7,12-18H2,1H3,(H,25,26). The number of benzene rings is 2. The Labute approximate surface area is 182 Å². The van der Waals surface area contributed by atoms with Crippen molar-refractivity contribution in [3.05, 3.63) is 66.0 Å². The molecule has 5 rings (SSSR count). The van der Waals surface area contributed by atoms with Crippen LogP contribution in [0.5, 0.6) is 0 Å². The SMILES string of the molecule is Cc1nnc2c(NCCCN3CCN(Cc4ccccc4)CC3)nc3ccccc3n12. The Morgan fingerprint density at radius 1 is 0.871 bits per heavy atom. The van der Waals surface area contributed by atoms with Crippen molar-refractivity contribution in [2.45, 2.75) is 19.9 Å². The first kappa shape index (κ1) is 19.9. The van der Waals surface area contributed by atoms with E-state index in [-0.39, 0.29) is 0 Å². The molecule has 0 unspecified atom stereocenters. The second-order valence-corrected chi connectivity index (χ2v) is 8.24. The number of nitrogens with one attached hydrogen (secondary N) is 1. The lowest BCUT2D eigenvalue weighted by Crippen LogP contribution is -2.46. The number of nitrogens with zero attached hydrogens (tertiary/aromatic N) is 6. The van der Waals surface area contributed by atoms with Crippen molar-refractivity contribution in [3.63, 3.8) is 0 Å². The van der Waals surface area contributed by atoms with E-state index in [1.54, 1.807) is 0 Å². The highest BCUT2D eigenvalue weighted by Gasteiger charge is 2.17. The summed E-state index contributed by atoms with van der Waals surface area (Å²) in [6, 6.07) is 18.9. The molecule has 1 N–H and O–H groups in total. The molecule has 7 heteroatoms. The molecule has 0 bridgehead atoms. The van der Waals surface area contributed by atoms with Crippen LogP contribution in [-0.2, 0) is 6.54 Å². The largest absolute Gasteiger partial charge is 0.367 e. The number of aryl methyl sites for hydroxylation is 1. The van der Waals surface area contributed by atoms with Gasteiger partial charge in [-0.25, -0.2) is 4.98 Å². The van der Waals surface area contributed by atoms with E-state index in [0.29, 0.717) is 0 Å². The zero-order valence-electron chi connectivity index (χ0n) is 18.0. The lowest BCUT2D eigenvalue weighted by atomic mass is 10.2. The molecular formula is C24H29N7. The van der Waals surface area contributed by atoms with Gasteiger partial charge in [-0.3, -0.25) is 9.30 Å². The number of piperazine rings is 1. The first-order chi connectivity index (χ1) is 15.3. The maximum Gasteiger partial charge on any atom is 0.204 e. The lowest BCUT2D eigenvalue weighted by molar-refractivity contribution is 0.127. The predicted molar refractivity (Wildman–Crippen MR) is 124 cm³/mol. The van der Waals surface area contributed by atoms with Gasteiger partial charge in [-0.2, -0.15) is 0 Å². The monoisotopic (exact) mass is 415 g/mol. The van der Waals surface area contributed by atoms with E-state index in [4.69, 9.17) is 4.98 Å². The number of anilines is 1. The van der Waals surface area contributed by atoms with E-state index in [0.717, 1.165) is 80.6 Å². The van der Waals surface area contributed by atoms with Gasteiger partial charge >= 0.3 is 0 Å². The van der Waals surface area contributed by atoms with E-state index >= 15 is 0 Å². The predicted octanol–water partition coefficient (Wildman–Crippen LogP) is 3.21. The summed E-state index contributed by atoms with van der Waals surface area (Å²) in [6.45, 7) is 9.54. The van der Waals surface area contributed by atoms with Crippen molar-refractivity contribution in [2.75, 3.05) is 44.6 Å². The molecule has 0 radical (unpaired) electrons. The highest BCUT2D eigenvalue weighted by atomic mass is 15.3. The molecule has 0 saturated carbocycles. The van der Waals surface area contributed by atoms with Gasteiger partial charge in [0, 0.05) is 39.3 Å². The Balaban J connectivity index is 1.13. The fourth-order valence-electron chi connectivity index (χ4n) is 4.36. The van der Waals surface area contributed by atoms with Crippen molar-refractivity contribution in [1.29, 1.82) is 0 Å². The van der Waals surface area contributed by atoms with E-state index in [1.165, 1.54) is 5.56 Å². The molecule has 0 atom stereocenters. The van der Waals surface area contributed by atoms with E-state index < -0.39 is 0 Å². The smallest absolute Gasteiger partial charge is 0.204 e. The third kappa shape index (κ3) is 4.38. The second kappa shape index (κ2) is 8.99. The molecule has 1 fully saturated rings. The molecule has 31 heavy (non-hydrogen) atoms. The summed E-state index contributed by atoms with van der Waals surface area (Å²) in [5.74, 6) is 1.69. The Kier molecular flexibility index (Phi) is 5.78. The summed E-state index contributed by atoms with van der Waals surface area (Å²) < 4.78 is 2.08. The highest BCUT2D eigenvalue weighted by molar-refractivity contribution is 5.82. The molecule has 1 aliphatic rings. The molecular weight excluding hydrogens is 386 g/mol. The van der Waals surface area contributed by atoms with Gasteiger partial charge in [0.2, 0.25) is 5.65 Å². The number of hydrogen-bond acceptors (Lipinski definition) is 6. The number of aromatic nitrogens is 4. The van der Waals surface area contributed by atoms with Crippen LogP contribution in [0, 0.1) is 6.92 Å². The number of rotatable bonds is 7. The maximum atomic E-state index is 4.80. The quantitative estimate of drug-likeness (QED) is 0.468. The average Bonchev–Trinajstić information content (AvgIpc) is 3.20. The molecule has 4 aromatic rings. The van der Waals surface area contributed by atoms with Crippen LogP contribution in [0.2, 0.25) is 0 Å². The first-order valence-electron chi connectivity index (χ1n) is 11.1. The van der Waals surface area contributed by atoms with E-state index in [9.17, 15) is 0 Å². The van der Waals surface area contributed by atoms with Gasteiger partial charge in [0.25, 0.3) is 0 Å². The summed E-state index contributed by atoms with van der Waals surface area (Å²) >= 11 is 0. The zero-order chi connectivity index (χ0) is 21.0. The molecule has 0 aliphatic carbocycles. The van der Waals surface area contributed by atoms with Gasteiger partial charge in [-0.15, -0.1) is 10.2 Å². The van der Waals surface area contributed by atoms with Crippen LogP contribution < -0.4 is 5.32 Å². The fraction of sp³-hybridized carbons (Fsp3) is 0.375. The average molecular weight is 416 g/mol. The number of hydrogen-bond donors (Lipinski definition) is 1. The van der Waals surface area contributed by atoms with Gasteiger partial charge in [0.15, 0.2) is 5.82 Å². The summed E-state index contributed by atoms with van der Waals surface area (Å²) in [7, 11) is 0. The first-order valence-corrected chi connectivity index (χ1v) is 11.1. The second-order valence-electron chi connectivity index (χ2n) is 8.24. The normalized spacial score (nSPS) is 15.6. The fourth-order valence-corrected chi connectivity index (χ4v) is 4.36. The topological polar surface area (TPSA) is 61.6 Å². The van der Waals surface area contributed by atoms with Crippen LogP contribution in [0.1, 0.15) is 17.8 Å². The third-order valence-corrected chi connectivity index (χ3v) is 6.05. The summed E-state index contributed by atoms with van der Waals surface area (Å²) in [4.78, 5) is 9.91. The Bertz CT molecular complexity index is 1150. The molecule has 3 heterocycles. The minimum absolute atomic E-state index is 0.797. The summed E-state index contributed by atoms with van der Waals surface area (Å²) in [6.07, 6.45) is 1.08.